The van der Waals surface area contributed by atoms with Gasteiger partial charge >= 0.3 is 0 Å². The van der Waals surface area contributed by atoms with Crippen molar-refractivity contribution in [1.29, 1.82) is 0 Å². The van der Waals surface area contributed by atoms with Crippen LogP contribution in [0.2, 0.25) is 0 Å². The summed E-state index contributed by atoms with van der Waals surface area (Å²) in [4.78, 5) is 7.93. The molecule has 1 atom stereocenters. The topological polar surface area (TPSA) is 36.4 Å². The van der Waals surface area contributed by atoms with Gasteiger partial charge in [0, 0.05) is 12.2 Å². The summed E-state index contributed by atoms with van der Waals surface area (Å²) >= 11 is 1.61. The van der Waals surface area contributed by atoms with Crippen LogP contribution in [-0.2, 0) is 6.42 Å². The number of aliphatic hydroxyl groups excluding tert-OH is 1. The number of hydrogen-bond acceptors (Lipinski definition) is 4. The van der Waals surface area contributed by atoms with Crippen LogP contribution >= 0.6 is 11.3 Å². The summed E-state index contributed by atoms with van der Waals surface area (Å²) in [5.74, 6) is 0. The minimum Gasteiger partial charge on any atom is -0.388 e. The van der Waals surface area contributed by atoms with E-state index in [1.165, 1.54) is 16.8 Å². The summed E-state index contributed by atoms with van der Waals surface area (Å²) < 4.78 is 0. The van der Waals surface area contributed by atoms with Gasteiger partial charge in [-0.05, 0) is 45.2 Å². The molecule has 1 aromatic heterocycles. The largest absolute Gasteiger partial charge is 0.388 e. The van der Waals surface area contributed by atoms with E-state index in [4.69, 9.17) is 0 Å². The molecule has 1 aliphatic rings. The van der Waals surface area contributed by atoms with Crippen LogP contribution in [0.15, 0.2) is 18.2 Å². The minimum absolute atomic E-state index is 0.441. The summed E-state index contributed by atoms with van der Waals surface area (Å²) in [5, 5.41) is 10.8. The first kappa shape index (κ1) is 13.6. The molecule has 3 rings (SSSR count). The number of anilines is 2. The Morgan fingerprint density at radius 2 is 2.15 bits per heavy atom. The zero-order valence-corrected chi connectivity index (χ0v) is 13.0. The lowest BCUT2D eigenvalue weighted by Crippen LogP contribution is -2.24. The second-order valence-electron chi connectivity index (χ2n) is 5.51. The van der Waals surface area contributed by atoms with E-state index in [2.05, 4.69) is 35.0 Å². The van der Waals surface area contributed by atoms with Gasteiger partial charge in [0.2, 0.25) is 0 Å². The highest BCUT2D eigenvalue weighted by Gasteiger charge is 2.22. The summed E-state index contributed by atoms with van der Waals surface area (Å²) in [5.41, 5.74) is 4.93. The van der Waals surface area contributed by atoms with Gasteiger partial charge in [0.05, 0.1) is 16.7 Å². The fraction of sp³-hybridized carbons (Fsp3) is 0.438. The number of nitrogens with zero attached hydrogens (tertiary/aromatic N) is 2. The molecule has 0 fully saturated rings. The maximum Gasteiger partial charge on any atom is 0.190 e. The molecule has 0 bridgehead atoms. The molecule has 106 valence electrons. The van der Waals surface area contributed by atoms with Gasteiger partial charge in [0.1, 0.15) is 0 Å². The van der Waals surface area contributed by atoms with Gasteiger partial charge in [-0.1, -0.05) is 29.0 Å². The molecule has 2 aromatic rings. The number of benzene rings is 1. The molecule has 1 aliphatic heterocycles. The number of aliphatic hydroxyl groups is 1. The molecule has 0 saturated heterocycles. The first-order valence-corrected chi connectivity index (χ1v) is 7.90. The average Bonchev–Trinajstić information content (AvgIpc) is 2.79. The number of hydrogen-bond donors (Lipinski definition) is 1. The fourth-order valence-corrected chi connectivity index (χ4v) is 3.86. The minimum atomic E-state index is -0.441. The van der Waals surface area contributed by atoms with Crippen molar-refractivity contribution in [3.05, 3.63) is 39.9 Å². The van der Waals surface area contributed by atoms with Crippen LogP contribution in [0.3, 0.4) is 0 Å². The molecule has 4 heteroatoms. The molecule has 20 heavy (non-hydrogen) atoms. The molecule has 0 amide bonds. The zero-order valence-electron chi connectivity index (χ0n) is 12.2. The van der Waals surface area contributed by atoms with E-state index in [0.29, 0.717) is 0 Å². The maximum atomic E-state index is 9.80. The Balaban J connectivity index is 2.02. The van der Waals surface area contributed by atoms with E-state index in [1.54, 1.807) is 18.3 Å². The maximum absolute atomic E-state index is 9.80. The Hall–Kier alpha value is -1.39. The van der Waals surface area contributed by atoms with Crippen molar-refractivity contribution in [2.75, 3.05) is 11.4 Å². The van der Waals surface area contributed by atoms with Crippen LogP contribution in [0.1, 0.15) is 41.1 Å². The molecule has 0 radical (unpaired) electrons. The summed E-state index contributed by atoms with van der Waals surface area (Å²) in [6.07, 6.45) is 1.85. The smallest absolute Gasteiger partial charge is 0.190 e. The van der Waals surface area contributed by atoms with Crippen molar-refractivity contribution >= 4 is 22.2 Å². The van der Waals surface area contributed by atoms with Gasteiger partial charge in [-0.3, -0.25) is 0 Å². The highest BCUT2D eigenvalue weighted by molar-refractivity contribution is 7.15. The Kier molecular flexibility index (Phi) is 3.52. The second kappa shape index (κ2) is 5.19. The fourth-order valence-electron chi connectivity index (χ4n) is 2.82. The van der Waals surface area contributed by atoms with E-state index >= 15 is 0 Å². The van der Waals surface area contributed by atoms with Crippen molar-refractivity contribution < 1.29 is 5.11 Å². The van der Waals surface area contributed by atoms with Gasteiger partial charge in [0.25, 0.3) is 0 Å². The van der Waals surface area contributed by atoms with E-state index < -0.39 is 6.10 Å². The Morgan fingerprint density at radius 3 is 2.85 bits per heavy atom. The predicted molar refractivity (Wildman–Crippen MR) is 84.0 cm³/mol. The summed E-state index contributed by atoms with van der Waals surface area (Å²) in [6, 6.07) is 6.63. The third-order valence-corrected chi connectivity index (χ3v) is 5.14. The van der Waals surface area contributed by atoms with Crippen molar-refractivity contribution in [2.24, 2.45) is 0 Å². The van der Waals surface area contributed by atoms with Gasteiger partial charge in [-0.15, -0.1) is 0 Å². The second-order valence-corrected chi connectivity index (χ2v) is 6.52. The van der Waals surface area contributed by atoms with E-state index in [0.717, 1.165) is 35.1 Å². The summed E-state index contributed by atoms with van der Waals surface area (Å²) in [6.45, 7) is 6.92. The molecule has 3 nitrogen and oxygen atoms in total. The summed E-state index contributed by atoms with van der Waals surface area (Å²) in [7, 11) is 0. The van der Waals surface area contributed by atoms with Crippen LogP contribution in [-0.4, -0.2) is 16.6 Å². The molecule has 0 saturated carbocycles. The SMILES string of the molecule is Cc1ccc2c(c1)CCCN2c1nc(C)c(C(C)O)s1. The lowest BCUT2D eigenvalue weighted by atomic mass is 10.00. The molecule has 2 heterocycles. The zero-order chi connectivity index (χ0) is 14.3. The van der Waals surface area contributed by atoms with Crippen LogP contribution in [0.4, 0.5) is 10.8 Å². The lowest BCUT2D eigenvalue weighted by Gasteiger charge is -2.29. The molecule has 0 spiro atoms. The molecule has 1 aromatic carbocycles. The average molecular weight is 288 g/mol. The van der Waals surface area contributed by atoms with Gasteiger partial charge in [-0.2, -0.15) is 0 Å². The van der Waals surface area contributed by atoms with Crippen LogP contribution < -0.4 is 4.90 Å². The van der Waals surface area contributed by atoms with Crippen molar-refractivity contribution in [2.45, 2.75) is 39.7 Å². The Bertz CT molecular complexity index is 633. The van der Waals surface area contributed by atoms with Crippen LogP contribution in [0, 0.1) is 13.8 Å². The van der Waals surface area contributed by atoms with Gasteiger partial charge in [-0.25, -0.2) is 4.98 Å². The van der Waals surface area contributed by atoms with Crippen LogP contribution in [0.5, 0.6) is 0 Å². The number of aryl methyl sites for hydroxylation is 3. The van der Waals surface area contributed by atoms with Gasteiger partial charge < -0.3 is 10.0 Å². The normalized spacial score (nSPS) is 16.1. The van der Waals surface area contributed by atoms with E-state index in [9.17, 15) is 5.11 Å². The van der Waals surface area contributed by atoms with Crippen molar-refractivity contribution in [3.63, 3.8) is 0 Å². The third kappa shape index (κ3) is 2.34. The van der Waals surface area contributed by atoms with E-state index in [1.807, 2.05) is 6.92 Å². The Morgan fingerprint density at radius 1 is 1.35 bits per heavy atom. The van der Waals surface area contributed by atoms with Gasteiger partial charge in [0.15, 0.2) is 5.13 Å². The molecule has 1 unspecified atom stereocenters. The quantitative estimate of drug-likeness (QED) is 0.910. The Labute approximate surface area is 123 Å². The first-order valence-electron chi connectivity index (χ1n) is 7.08. The van der Waals surface area contributed by atoms with Crippen molar-refractivity contribution in [1.82, 2.24) is 4.98 Å². The highest BCUT2D eigenvalue weighted by Crippen LogP contribution is 2.38. The number of aromatic nitrogens is 1. The standard InChI is InChI=1S/C16H20N2OS/c1-10-6-7-14-13(9-10)5-4-8-18(14)16-17-11(2)15(20-16)12(3)19/h6-7,9,12,19H,4-5,8H2,1-3H3. The molecular formula is C16H20N2OS. The first-order chi connectivity index (χ1) is 9.56. The lowest BCUT2D eigenvalue weighted by molar-refractivity contribution is 0.202. The van der Waals surface area contributed by atoms with Crippen LogP contribution in [0.25, 0.3) is 0 Å². The number of thiazole rings is 1. The molecular weight excluding hydrogens is 268 g/mol. The monoisotopic (exact) mass is 288 g/mol. The molecule has 1 N–H and O–H groups in total. The van der Waals surface area contributed by atoms with E-state index in [-0.39, 0.29) is 0 Å². The molecule has 0 aliphatic carbocycles. The predicted octanol–water partition coefficient (Wildman–Crippen LogP) is 3.90. The highest BCUT2D eigenvalue weighted by atomic mass is 32.1. The van der Waals surface area contributed by atoms with Crippen molar-refractivity contribution in [3.8, 4) is 0 Å². The number of rotatable bonds is 2. The third-order valence-electron chi connectivity index (χ3n) is 3.79. The number of fused-ring (bicyclic) bond motifs is 1.